The van der Waals surface area contributed by atoms with E-state index >= 15 is 0 Å². The maximum Gasteiger partial charge on any atom is 0.313 e. The second-order valence-electron chi connectivity index (χ2n) is 3.70. The minimum atomic E-state index is -0.419. The molecule has 0 aromatic heterocycles. The van der Waals surface area contributed by atoms with Crippen molar-refractivity contribution in [3.8, 4) is 11.5 Å². The molecule has 1 heterocycles. The lowest BCUT2D eigenvalue weighted by Crippen LogP contribution is -2.13. The van der Waals surface area contributed by atoms with Crippen LogP contribution in [0.3, 0.4) is 0 Å². The zero-order chi connectivity index (χ0) is 12.4. The van der Waals surface area contributed by atoms with Crippen molar-refractivity contribution in [3.63, 3.8) is 0 Å². The summed E-state index contributed by atoms with van der Waals surface area (Å²) in [6.45, 7) is 4.06. The Bertz CT molecular complexity index is 444. The van der Waals surface area contributed by atoms with Crippen LogP contribution in [0.15, 0.2) is 12.1 Å². The molecule has 1 aromatic carbocycles. The molecule has 1 atom stereocenters. The lowest BCUT2D eigenvalue weighted by atomic mass is 10.0. The average Bonchev–Trinajstić information content (AvgIpc) is 2.74. The Morgan fingerprint density at radius 2 is 2.12 bits per heavy atom. The van der Waals surface area contributed by atoms with E-state index in [4.69, 9.17) is 25.8 Å². The van der Waals surface area contributed by atoms with Crippen molar-refractivity contribution < 1.29 is 19.0 Å². The molecule has 0 saturated carbocycles. The van der Waals surface area contributed by atoms with Gasteiger partial charge in [-0.25, -0.2) is 0 Å². The Labute approximate surface area is 104 Å². The molecular formula is C12H13ClO4. The first-order valence-corrected chi connectivity index (χ1v) is 5.77. The van der Waals surface area contributed by atoms with Crippen molar-refractivity contribution in [1.82, 2.24) is 0 Å². The summed E-state index contributed by atoms with van der Waals surface area (Å²) < 4.78 is 15.4. The number of benzene rings is 1. The van der Waals surface area contributed by atoms with Gasteiger partial charge in [0.25, 0.3) is 0 Å². The highest BCUT2D eigenvalue weighted by Gasteiger charge is 2.23. The molecule has 1 unspecified atom stereocenters. The molecule has 0 bridgehead atoms. The lowest BCUT2D eigenvalue weighted by molar-refractivity contribution is -0.144. The van der Waals surface area contributed by atoms with Gasteiger partial charge in [-0.3, -0.25) is 4.79 Å². The summed E-state index contributed by atoms with van der Waals surface area (Å²) in [5.41, 5.74) is 0.689. The number of ether oxygens (including phenoxy) is 3. The predicted octanol–water partition coefficient (Wildman–Crippen LogP) is 2.74. The SMILES string of the molecule is CCOC(=O)C(C)c1cc2c(cc1Cl)OCO2. The molecular weight excluding hydrogens is 244 g/mol. The topological polar surface area (TPSA) is 44.8 Å². The molecule has 0 aliphatic carbocycles. The van der Waals surface area contributed by atoms with Crippen LogP contribution in [0.25, 0.3) is 0 Å². The van der Waals surface area contributed by atoms with Crippen molar-refractivity contribution in [3.05, 3.63) is 22.7 Å². The zero-order valence-corrected chi connectivity index (χ0v) is 10.4. The predicted molar refractivity (Wildman–Crippen MR) is 62.6 cm³/mol. The molecule has 5 heteroatoms. The first kappa shape index (κ1) is 12.0. The molecule has 1 aliphatic heterocycles. The number of hydrogen-bond donors (Lipinski definition) is 0. The van der Waals surface area contributed by atoms with E-state index in [0.29, 0.717) is 28.7 Å². The van der Waals surface area contributed by atoms with Crippen molar-refractivity contribution in [2.45, 2.75) is 19.8 Å². The maximum absolute atomic E-state index is 11.6. The van der Waals surface area contributed by atoms with Crippen LogP contribution in [0.1, 0.15) is 25.3 Å². The molecule has 1 aliphatic rings. The summed E-state index contributed by atoms with van der Waals surface area (Å²) >= 11 is 6.10. The number of esters is 1. The van der Waals surface area contributed by atoms with E-state index in [1.807, 2.05) is 0 Å². The summed E-state index contributed by atoms with van der Waals surface area (Å²) in [5, 5.41) is 0.481. The fourth-order valence-corrected chi connectivity index (χ4v) is 1.98. The Balaban J connectivity index is 2.29. The fraction of sp³-hybridized carbons (Fsp3) is 0.417. The summed E-state index contributed by atoms with van der Waals surface area (Å²) in [6.07, 6.45) is 0. The fourth-order valence-electron chi connectivity index (χ4n) is 1.66. The summed E-state index contributed by atoms with van der Waals surface area (Å²) in [6, 6.07) is 3.39. The lowest BCUT2D eigenvalue weighted by Gasteiger charge is -2.13. The highest BCUT2D eigenvalue weighted by Crippen LogP contribution is 2.39. The molecule has 4 nitrogen and oxygen atoms in total. The van der Waals surface area contributed by atoms with Crippen LogP contribution >= 0.6 is 11.6 Å². The van der Waals surface area contributed by atoms with Crippen molar-refractivity contribution in [2.24, 2.45) is 0 Å². The van der Waals surface area contributed by atoms with Crippen LogP contribution in [0.4, 0.5) is 0 Å². The van der Waals surface area contributed by atoms with Gasteiger partial charge in [-0.05, 0) is 25.5 Å². The van der Waals surface area contributed by atoms with E-state index < -0.39 is 5.92 Å². The zero-order valence-electron chi connectivity index (χ0n) is 9.66. The van der Waals surface area contributed by atoms with E-state index in [-0.39, 0.29) is 12.8 Å². The third kappa shape index (κ3) is 2.31. The van der Waals surface area contributed by atoms with Gasteiger partial charge >= 0.3 is 5.97 Å². The van der Waals surface area contributed by atoms with Crippen molar-refractivity contribution in [2.75, 3.05) is 13.4 Å². The molecule has 0 saturated heterocycles. The van der Waals surface area contributed by atoms with Crippen molar-refractivity contribution >= 4 is 17.6 Å². The first-order chi connectivity index (χ1) is 8.13. The summed E-state index contributed by atoms with van der Waals surface area (Å²) in [7, 11) is 0. The minimum Gasteiger partial charge on any atom is -0.466 e. The Morgan fingerprint density at radius 1 is 1.47 bits per heavy atom. The minimum absolute atomic E-state index is 0.183. The smallest absolute Gasteiger partial charge is 0.313 e. The van der Waals surface area contributed by atoms with Gasteiger partial charge in [0.1, 0.15) is 0 Å². The van der Waals surface area contributed by atoms with E-state index in [9.17, 15) is 4.79 Å². The monoisotopic (exact) mass is 256 g/mol. The molecule has 17 heavy (non-hydrogen) atoms. The Kier molecular flexibility index (Phi) is 3.43. The van der Waals surface area contributed by atoms with Gasteiger partial charge in [0.05, 0.1) is 12.5 Å². The molecule has 0 amide bonds. The van der Waals surface area contributed by atoms with Gasteiger partial charge in [0.15, 0.2) is 11.5 Å². The summed E-state index contributed by atoms with van der Waals surface area (Å²) in [5.74, 6) is 0.501. The highest BCUT2D eigenvalue weighted by molar-refractivity contribution is 6.31. The van der Waals surface area contributed by atoms with Crippen LogP contribution in [0.5, 0.6) is 11.5 Å². The average molecular weight is 257 g/mol. The number of carbonyl (C=O) groups excluding carboxylic acids is 1. The quantitative estimate of drug-likeness (QED) is 0.780. The van der Waals surface area contributed by atoms with Gasteiger partial charge in [-0.15, -0.1) is 0 Å². The van der Waals surface area contributed by atoms with Gasteiger partial charge < -0.3 is 14.2 Å². The number of hydrogen-bond acceptors (Lipinski definition) is 4. The van der Waals surface area contributed by atoms with Crippen LogP contribution in [0.2, 0.25) is 5.02 Å². The molecule has 92 valence electrons. The van der Waals surface area contributed by atoms with Gasteiger partial charge in [-0.2, -0.15) is 0 Å². The van der Waals surface area contributed by atoms with Crippen LogP contribution in [-0.4, -0.2) is 19.4 Å². The Hall–Kier alpha value is -1.42. The molecule has 0 radical (unpaired) electrons. The number of fused-ring (bicyclic) bond motifs is 1. The highest BCUT2D eigenvalue weighted by atomic mass is 35.5. The second kappa shape index (κ2) is 4.84. The number of halogens is 1. The second-order valence-corrected chi connectivity index (χ2v) is 4.11. The van der Waals surface area contributed by atoms with Gasteiger partial charge in [0.2, 0.25) is 6.79 Å². The van der Waals surface area contributed by atoms with E-state index in [1.165, 1.54) is 0 Å². The molecule has 2 rings (SSSR count). The van der Waals surface area contributed by atoms with Crippen LogP contribution < -0.4 is 9.47 Å². The molecule has 1 aromatic rings. The van der Waals surface area contributed by atoms with E-state index in [1.54, 1.807) is 26.0 Å². The third-order valence-electron chi connectivity index (χ3n) is 2.60. The molecule has 0 fully saturated rings. The third-order valence-corrected chi connectivity index (χ3v) is 2.93. The van der Waals surface area contributed by atoms with Gasteiger partial charge in [0, 0.05) is 11.1 Å². The van der Waals surface area contributed by atoms with E-state index in [0.717, 1.165) is 0 Å². The standard InChI is InChI=1S/C12H13ClO4/c1-3-15-12(14)7(2)8-4-10-11(5-9(8)13)17-6-16-10/h4-5,7H,3,6H2,1-2H3. The number of rotatable bonds is 3. The number of carbonyl (C=O) groups is 1. The first-order valence-electron chi connectivity index (χ1n) is 5.39. The maximum atomic E-state index is 11.6. The molecule has 0 N–H and O–H groups in total. The largest absolute Gasteiger partial charge is 0.466 e. The summed E-state index contributed by atoms with van der Waals surface area (Å²) in [4.78, 5) is 11.6. The normalized spacial score (nSPS) is 14.5. The van der Waals surface area contributed by atoms with Crippen LogP contribution in [-0.2, 0) is 9.53 Å². The van der Waals surface area contributed by atoms with Gasteiger partial charge in [-0.1, -0.05) is 11.6 Å². The molecule has 0 spiro atoms. The van der Waals surface area contributed by atoms with Crippen LogP contribution in [0, 0.1) is 0 Å². The van der Waals surface area contributed by atoms with E-state index in [2.05, 4.69) is 0 Å². The Morgan fingerprint density at radius 3 is 2.76 bits per heavy atom. The van der Waals surface area contributed by atoms with Crippen molar-refractivity contribution in [1.29, 1.82) is 0 Å².